The van der Waals surface area contributed by atoms with Crippen molar-refractivity contribution in [3.8, 4) is 0 Å². The normalized spacial score (nSPS) is 18.7. The Balaban J connectivity index is 1.64. The van der Waals surface area contributed by atoms with Crippen molar-refractivity contribution in [2.75, 3.05) is 0 Å². The lowest BCUT2D eigenvalue weighted by Gasteiger charge is -2.33. The second-order valence-electron chi connectivity index (χ2n) is 7.47. The Bertz CT molecular complexity index is 1110. The molecule has 1 fully saturated rings. The van der Waals surface area contributed by atoms with Crippen LogP contribution in [0.25, 0.3) is 0 Å². The van der Waals surface area contributed by atoms with E-state index in [1.165, 1.54) is 12.4 Å². The van der Waals surface area contributed by atoms with Crippen molar-refractivity contribution in [2.24, 2.45) is 0 Å². The summed E-state index contributed by atoms with van der Waals surface area (Å²) in [6, 6.07) is 12.1. The van der Waals surface area contributed by atoms with Crippen molar-refractivity contribution >= 4 is 46.4 Å². The Morgan fingerprint density at radius 2 is 1.94 bits per heavy atom. The van der Waals surface area contributed by atoms with Crippen LogP contribution in [0.1, 0.15) is 29.0 Å². The molecule has 1 aromatic heterocycles. The van der Waals surface area contributed by atoms with Crippen LogP contribution >= 0.6 is 46.4 Å². The van der Waals surface area contributed by atoms with Gasteiger partial charge in [-0.1, -0.05) is 53.5 Å². The van der Waals surface area contributed by atoms with Gasteiger partial charge in [0, 0.05) is 28.9 Å². The number of hydrogen-bond acceptors (Lipinski definition) is 5. The van der Waals surface area contributed by atoms with Crippen molar-refractivity contribution in [3.05, 3.63) is 98.0 Å². The molecule has 11 heteroatoms. The van der Waals surface area contributed by atoms with E-state index in [1.807, 2.05) is 24.3 Å². The SMILES string of the molecule is O=[N+]([O-])OC(Cn1ccnc1)(OCc1ccc(C2CC2(Cl)Cl)cc1)c1ccc(Cl)cc1Cl. The highest BCUT2D eigenvalue weighted by atomic mass is 35.5. The molecule has 7 nitrogen and oxygen atoms in total. The Morgan fingerprint density at radius 1 is 1.22 bits per heavy atom. The number of rotatable bonds is 9. The van der Waals surface area contributed by atoms with E-state index in [1.54, 1.807) is 29.1 Å². The van der Waals surface area contributed by atoms with Gasteiger partial charge in [-0.05, 0) is 29.7 Å². The Hall–Kier alpha value is -2.03. The number of nitrogens with zero attached hydrogens (tertiary/aromatic N) is 3. The number of halogens is 4. The van der Waals surface area contributed by atoms with E-state index in [2.05, 4.69) is 4.98 Å². The van der Waals surface area contributed by atoms with Crippen LogP contribution in [0.5, 0.6) is 0 Å². The van der Waals surface area contributed by atoms with E-state index < -0.39 is 15.2 Å². The molecule has 1 aliphatic carbocycles. The molecule has 0 bridgehead atoms. The molecule has 0 aliphatic heterocycles. The van der Waals surface area contributed by atoms with Gasteiger partial charge in [0.25, 0.3) is 10.9 Å². The van der Waals surface area contributed by atoms with E-state index in [4.69, 9.17) is 56.0 Å². The van der Waals surface area contributed by atoms with Crippen LogP contribution in [0, 0.1) is 10.1 Å². The van der Waals surface area contributed by atoms with Gasteiger partial charge in [0.2, 0.25) is 0 Å². The second kappa shape index (κ2) is 9.08. The van der Waals surface area contributed by atoms with E-state index in [-0.39, 0.29) is 29.7 Å². The summed E-state index contributed by atoms with van der Waals surface area (Å²) in [5, 5.41) is 11.1. The first-order chi connectivity index (χ1) is 15.2. The van der Waals surface area contributed by atoms with Crippen molar-refractivity contribution in [3.63, 3.8) is 0 Å². The Labute approximate surface area is 203 Å². The van der Waals surface area contributed by atoms with Crippen LogP contribution in [-0.2, 0) is 28.5 Å². The van der Waals surface area contributed by atoms with Crippen LogP contribution in [0.3, 0.4) is 0 Å². The molecule has 32 heavy (non-hydrogen) atoms. The van der Waals surface area contributed by atoms with Gasteiger partial charge in [-0.15, -0.1) is 33.3 Å². The third-order valence-corrected chi connectivity index (χ3v) is 6.58. The molecule has 1 aliphatic rings. The standard InChI is InChI=1S/C21H17Cl4N3O4/c22-16-5-6-17(19(23)9-16)21(32-28(29)30,12-27-8-7-26-13-27)31-11-14-1-3-15(4-2-14)18-10-20(18,24)25/h1-9,13,18H,10-12H2. The summed E-state index contributed by atoms with van der Waals surface area (Å²) >= 11 is 24.7. The van der Waals surface area contributed by atoms with Gasteiger partial charge >= 0.3 is 0 Å². The first-order valence-electron chi connectivity index (χ1n) is 9.54. The van der Waals surface area contributed by atoms with Crippen LogP contribution in [0.15, 0.2) is 61.2 Å². The fourth-order valence-electron chi connectivity index (χ4n) is 3.47. The van der Waals surface area contributed by atoms with Gasteiger partial charge in [0.1, 0.15) is 4.33 Å². The fraction of sp³-hybridized carbons (Fsp3) is 0.286. The predicted molar refractivity (Wildman–Crippen MR) is 121 cm³/mol. The molecule has 0 radical (unpaired) electrons. The summed E-state index contributed by atoms with van der Waals surface area (Å²) in [6.45, 7) is -0.0597. The summed E-state index contributed by atoms with van der Waals surface area (Å²) in [5.74, 6) is -1.76. The summed E-state index contributed by atoms with van der Waals surface area (Å²) < 4.78 is 6.95. The molecule has 0 spiro atoms. The lowest BCUT2D eigenvalue weighted by atomic mass is 10.0. The highest BCUT2D eigenvalue weighted by molar-refractivity contribution is 6.51. The number of aromatic nitrogens is 2. The molecular weight excluding hydrogens is 500 g/mol. The average Bonchev–Trinajstić information content (AvgIpc) is 3.09. The molecule has 168 valence electrons. The average molecular weight is 517 g/mol. The molecule has 4 rings (SSSR count). The minimum atomic E-state index is -1.84. The molecule has 2 aromatic carbocycles. The van der Waals surface area contributed by atoms with Crippen molar-refractivity contribution < 1.29 is 14.7 Å². The summed E-state index contributed by atoms with van der Waals surface area (Å²) in [7, 11) is 0. The maximum absolute atomic E-state index is 11.5. The molecule has 1 heterocycles. The molecule has 0 amide bonds. The van der Waals surface area contributed by atoms with Gasteiger partial charge in [-0.3, -0.25) is 4.84 Å². The lowest BCUT2D eigenvalue weighted by Crippen LogP contribution is -2.39. The minimum absolute atomic E-state index is 0.0132. The van der Waals surface area contributed by atoms with Crippen molar-refractivity contribution in [1.82, 2.24) is 9.55 Å². The van der Waals surface area contributed by atoms with Crippen molar-refractivity contribution in [2.45, 2.75) is 35.6 Å². The van der Waals surface area contributed by atoms with Gasteiger partial charge in [-0.2, -0.15) is 0 Å². The third kappa shape index (κ3) is 5.13. The third-order valence-electron chi connectivity index (χ3n) is 5.19. The maximum Gasteiger partial charge on any atom is 0.297 e. The Morgan fingerprint density at radius 3 is 2.50 bits per heavy atom. The number of benzene rings is 2. The topological polar surface area (TPSA) is 79.4 Å². The fourth-order valence-corrected chi connectivity index (χ4v) is 4.59. The van der Waals surface area contributed by atoms with E-state index in [9.17, 15) is 10.1 Å². The first kappa shape index (κ1) is 23.1. The molecule has 2 unspecified atom stereocenters. The summed E-state index contributed by atoms with van der Waals surface area (Å²) in [5.41, 5.74) is 2.06. The number of hydrogen-bond donors (Lipinski definition) is 0. The zero-order valence-electron chi connectivity index (χ0n) is 16.5. The van der Waals surface area contributed by atoms with Crippen LogP contribution in [0.4, 0.5) is 0 Å². The second-order valence-corrected chi connectivity index (χ2v) is 9.86. The predicted octanol–water partition coefficient (Wildman–Crippen LogP) is 6.13. The molecule has 2 atom stereocenters. The highest BCUT2D eigenvalue weighted by Gasteiger charge is 2.52. The molecule has 3 aromatic rings. The van der Waals surface area contributed by atoms with Crippen LogP contribution in [0.2, 0.25) is 10.0 Å². The molecule has 0 saturated heterocycles. The quantitative estimate of drug-likeness (QED) is 0.148. The number of imidazole rings is 1. The Kier molecular flexibility index (Phi) is 6.56. The summed E-state index contributed by atoms with van der Waals surface area (Å²) in [6.07, 6.45) is 5.39. The number of alkyl halides is 2. The smallest absolute Gasteiger partial charge is 0.297 e. The number of ether oxygens (including phenoxy) is 1. The van der Waals surface area contributed by atoms with Crippen LogP contribution < -0.4 is 0 Å². The van der Waals surface area contributed by atoms with E-state index in [0.29, 0.717) is 11.4 Å². The molecule has 0 N–H and O–H groups in total. The van der Waals surface area contributed by atoms with Gasteiger partial charge in [-0.25, -0.2) is 4.98 Å². The summed E-state index contributed by atoms with van der Waals surface area (Å²) in [4.78, 5) is 20.6. The van der Waals surface area contributed by atoms with Crippen LogP contribution in [-0.4, -0.2) is 19.0 Å². The molecule has 1 saturated carbocycles. The zero-order chi connectivity index (χ0) is 22.9. The van der Waals surface area contributed by atoms with Gasteiger partial charge < -0.3 is 9.30 Å². The van der Waals surface area contributed by atoms with Gasteiger partial charge in [0.05, 0.1) is 24.5 Å². The van der Waals surface area contributed by atoms with Crippen molar-refractivity contribution in [1.29, 1.82) is 0 Å². The van der Waals surface area contributed by atoms with E-state index >= 15 is 0 Å². The largest absolute Gasteiger partial charge is 0.340 e. The minimum Gasteiger partial charge on any atom is -0.340 e. The maximum atomic E-state index is 11.5. The lowest BCUT2D eigenvalue weighted by molar-refractivity contribution is -0.802. The zero-order valence-corrected chi connectivity index (χ0v) is 19.5. The monoisotopic (exact) mass is 515 g/mol. The van der Waals surface area contributed by atoms with Gasteiger partial charge in [0.15, 0.2) is 0 Å². The first-order valence-corrected chi connectivity index (χ1v) is 11.1. The van der Waals surface area contributed by atoms with E-state index in [0.717, 1.165) is 11.1 Å². The highest BCUT2D eigenvalue weighted by Crippen LogP contribution is 2.59. The molecular formula is C21H17Cl4N3O4.